The number of hydrogen-bond acceptors (Lipinski definition) is 5. The molecule has 16 heavy (non-hydrogen) atoms. The van der Waals surface area contributed by atoms with Crippen molar-refractivity contribution in [2.24, 2.45) is 5.73 Å². The Morgan fingerprint density at radius 3 is 2.31 bits per heavy atom. The molecular formula is C10H23N3O3. The normalized spacial score (nSPS) is 15.1. The first-order valence-corrected chi connectivity index (χ1v) is 5.59. The van der Waals surface area contributed by atoms with Gasteiger partial charge in [-0.15, -0.1) is 0 Å². The number of hydrogen-bond donors (Lipinski definition) is 4. The van der Waals surface area contributed by atoms with Gasteiger partial charge in [0.25, 0.3) is 0 Å². The number of aliphatic hydroxyl groups is 2. The molecule has 6 nitrogen and oxygen atoms in total. The van der Waals surface area contributed by atoms with Crippen LogP contribution in [-0.2, 0) is 4.79 Å². The molecule has 0 fully saturated rings. The van der Waals surface area contributed by atoms with Gasteiger partial charge in [0, 0.05) is 19.6 Å². The molecule has 5 N–H and O–H groups in total. The maximum absolute atomic E-state index is 10.5. The van der Waals surface area contributed by atoms with E-state index in [1.165, 1.54) is 0 Å². The highest BCUT2D eigenvalue weighted by atomic mass is 16.3. The Labute approximate surface area is 96.4 Å². The van der Waals surface area contributed by atoms with E-state index < -0.39 is 18.1 Å². The third-order valence-corrected chi connectivity index (χ3v) is 2.41. The lowest BCUT2D eigenvalue weighted by atomic mass is 10.3. The summed E-state index contributed by atoms with van der Waals surface area (Å²) in [5, 5.41) is 21.5. The lowest BCUT2D eigenvalue weighted by Crippen LogP contribution is -2.43. The molecule has 0 aliphatic carbocycles. The lowest BCUT2D eigenvalue weighted by molar-refractivity contribution is -0.125. The second kappa shape index (κ2) is 8.46. The van der Waals surface area contributed by atoms with Crippen molar-refractivity contribution in [3.05, 3.63) is 0 Å². The molecule has 0 radical (unpaired) electrons. The summed E-state index contributed by atoms with van der Waals surface area (Å²) in [6.07, 6.45) is -1.71. The van der Waals surface area contributed by atoms with Gasteiger partial charge in [0.1, 0.15) is 6.10 Å². The van der Waals surface area contributed by atoms with Crippen molar-refractivity contribution in [3.63, 3.8) is 0 Å². The monoisotopic (exact) mass is 233 g/mol. The number of nitrogens with one attached hydrogen (secondary N) is 1. The zero-order valence-electron chi connectivity index (χ0n) is 10.0. The highest BCUT2D eigenvalue weighted by Crippen LogP contribution is 1.91. The van der Waals surface area contributed by atoms with Gasteiger partial charge in [-0.1, -0.05) is 13.8 Å². The van der Waals surface area contributed by atoms with Crippen molar-refractivity contribution in [2.75, 3.05) is 32.7 Å². The highest BCUT2D eigenvalue weighted by Gasteiger charge is 2.12. The predicted molar refractivity (Wildman–Crippen MR) is 61.9 cm³/mol. The first kappa shape index (κ1) is 15.3. The van der Waals surface area contributed by atoms with E-state index in [9.17, 15) is 9.90 Å². The quantitative estimate of drug-likeness (QED) is 0.374. The molecule has 0 rings (SSSR count). The number of nitrogens with zero attached hydrogens (tertiary/aromatic N) is 1. The second-order valence-corrected chi connectivity index (χ2v) is 3.72. The molecule has 0 heterocycles. The van der Waals surface area contributed by atoms with Crippen LogP contribution in [0.1, 0.15) is 13.8 Å². The van der Waals surface area contributed by atoms with Crippen LogP contribution in [0.25, 0.3) is 0 Å². The zero-order chi connectivity index (χ0) is 12.6. The van der Waals surface area contributed by atoms with Gasteiger partial charge in [0.2, 0.25) is 5.91 Å². The minimum absolute atomic E-state index is 0.0741. The molecule has 96 valence electrons. The number of primary amides is 1. The molecule has 0 spiro atoms. The number of rotatable bonds is 9. The van der Waals surface area contributed by atoms with Gasteiger partial charge in [-0.25, -0.2) is 0 Å². The van der Waals surface area contributed by atoms with Crippen LogP contribution in [0.4, 0.5) is 0 Å². The van der Waals surface area contributed by atoms with E-state index in [1.807, 2.05) is 13.8 Å². The number of likely N-dealkylation sites (N-methyl/N-ethyl adjacent to an activating group) is 1. The van der Waals surface area contributed by atoms with E-state index >= 15 is 0 Å². The van der Waals surface area contributed by atoms with E-state index in [1.54, 1.807) is 0 Å². The molecule has 0 saturated heterocycles. The maximum Gasteiger partial charge on any atom is 0.247 e. The third kappa shape index (κ3) is 6.73. The van der Waals surface area contributed by atoms with Crippen LogP contribution in [0.3, 0.4) is 0 Å². The SMILES string of the molecule is CCN(CC)CC(O)CNCC(O)C(N)=O. The smallest absolute Gasteiger partial charge is 0.247 e. The van der Waals surface area contributed by atoms with Crippen molar-refractivity contribution < 1.29 is 15.0 Å². The number of carbonyl (C=O) groups is 1. The van der Waals surface area contributed by atoms with Gasteiger partial charge in [0.05, 0.1) is 6.10 Å². The summed E-state index contributed by atoms with van der Waals surface area (Å²) in [6.45, 7) is 6.81. The number of amides is 1. The fourth-order valence-electron chi connectivity index (χ4n) is 1.33. The average molecular weight is 233 g/mol. The van der Waals surface area contributed by atoms with E-state index in [0.29, 0.717) is 13.1 Å². The summed E-state index contributed by atoms with van der Waals surface area (Å²) in [5.41, 5.74) is 4.88. The van der Waals surface area contributed by atoms with Crippen LogP contribution < -0.4 is 11.1 Å². The Hall–Kier alpha value is -0.690. The molecule has 2 unspecified atom stereocenters. The molecule has 1 amide bonds. The lowest BCUT2D eigenvalue weighted by Gasteiger charge is -2.22. The van der Waals surface area contributed by atoms with Gasteiger partial charge < -0.3 is 26.2 Å². The minimum Gasteiger partial charge on any atom is -0.390 e. The Morgan fingerprint density at radius 2 is 1.88 bits per heavy atom. The van der Waals surface area contributed by atoms with Gasteiger partial charge in [-0.05, 0) is 13.1 Å². The standard InChI is InChI=1S/C10H23N3O3/c1-3-13(4-2)7-8(14)5-12-6-9(15)10(11)16/h8-9,12,14-15H,3-7H2,1-2H3,(H2,11,16). The number of aliphatic hydroxyl groups excluding tert-OH is 2. The third-order valence-electron chi connectivity index (χ3n) is 2.41. The molecule has 0 bridgehead atoms. The van der Waals surface area contributed by atoms with E-state index in [0.717, 1.165) is 13.1 Å². The fourth-order valence-corrected chi connectivity index (χ4v) is 1.33. The van der Waals surface area contributed by atoms with E-state index in [-0.39, 0.29) is 6.54 Å². The summed E-state index contributed by atoms with van der Waals surface area (Å²) in [7, 11) is 0. The Morgan fingerprint density at radius 1 is 1.31 bits per heavy atom. The molecule has 0 aromatic carbocycles. The minimum atomic E-state index is -1.19. The van der Waals surface area contributed by atoms with Gasteiger partial charge in [-0.2, -0.15) is 0 Å². The number of carbonyl (C=O) groups excluding carboxylic acids is 1. The first-order valence-electron chi connectivity index (χ1n) is 5.59. The molecule has 0 aromatic heterocycles. The molecule has 0 saturated carbocycles. The Bertz CT molecular complexity index is 198. The van der Waals surface area contributed by atoms with Crippen molar-refractivity contribution in [3.8, 4) is 0 Å². The first-order chi connectivity index (χ1) is 7.51. The summed E-state index contributed by atoms with van der Waals surface area (Å²) < 4.78 is 0. The van der Waals surface area contributed by atoms with Crippen LogP contribution >= 0.6 is 0 Å². The van der Waals surface area contributed by atoms with Crippen LogP contribution in [-0.4, -0.2) is 66.0 Å². The predicted octanol–water partition coefficient (Wildman–Crippen LogP) is -1.88. The van der Waals surface area contributed by atoms with Crippen LogP contribution in [0.2, 0.25) is 0 Å². The van der Waals surface area contributed by atoms with Crippen molar-refractivity contribution in [2.45, 2.75) is 26.1 Å². The van der Waals surface area contributed by atoms with Crippen molar-refractivity contribution >= 4 is 5.91 Å². The second-order valence-electron chi connectivity index (χ2n) is 3.72. The topological polar surface area (TPSA) is 98.8 Å². The summed E-state index contributed by atoms with van der Waals surface area (Å²) in [6, 6.07) is 0. The molecule has 6 heteroatoms. The van der Waals surface area contributed by atoms with Gasteiger partial charge in [0.15, 0.2) is 0 Å². The summed E-state index contributed by atoms with van der Waals surface area (Å²) >= 11 is 0. The summed E-state index contributed by atoms with van der Waals surface area (Å²) in [5.74, 6) is -0.759. The fraction of sp³-hybridized carbons (Fsp3) is 0.900. The molecule has 2 atom stereocenters. The van der Waals surface area contributed by atoms with Crippen molar-refractivity contribution in [1.82, 2.24) is 10.2 Å². The van der Waals surface area contributed by atoms with Gasteiger partial charge in [-0.3, -0.25) is 4.79 Å². The van der Waals surface area contributed by atoms with Crippen LogP contribution in [0.5, 0.6) is 0 Å². The van der Waals surface area contributed by atoms with Gasteiger partial charge >= 0.3 is 0 Å². The van der Waals surface area contributed by atoms with Crippen LogP contribution in [0.15, 0.2) is 0 Å². The number of nitrogens with two attached hydrogens (primary N) is 1. The zero-order valence-corrected chi connectivity index (χ0v) is 10.0. The molecular weight excluding hydrogens is 210 g/mol. The van der Waals surface area contributed by atoms with E-state index in [2.05, 4.69) is 10.2 Å². The Balaban J connectivity index is 3.64. The largest absolute Gasteiger partial charge is 0.390 e. The molecule has 0 aliphatic heterocycles. The maximum atomic E-state index is 10.5. The highest BCUT2D eigenvalue weighted by molar-refractivity contribution is 5.78. The van der Waals surface area contributed by atoms with Crippen molar-refractivity contribution in [1.29, 1.82) is 0 Å². The van der Waals surface area contributed by atoms with Crippen LogP contribution in [0, 0.1) is 0 Å². The average Bonchev–Trinajstić information content (AvgIpc) is 2.25. The Kier molecular flexibility index (Phi) is 8.10. The van der Waals surface area contributed by atoms with E-state index in [4.69, 9.17) is 10.8 Å². The molecule has 0 aliphatic rings. The molecule has 0 aromatic rings. The summed E-state index contributed by atoms with van der Waals surface area (Å²) in [4.78, 5) is 12.6.